The summed E-state index contributed by atoms with van der Waals surface area (Å²) in [5.74, 6) is -5.18. The fourth-order valence-electron chi connectivity index (χ4n) is 3.88. The van der Waals surface area contributed by atoms with Crippen LogP contribution in [0.5, 0.6) is 0 Å². The van der Waals surface area contributed by atoms with Gasteiger partial charge in [-0.3, -0.25) is 9.63 Å². The highest BCUT2D eigenvalue weighted by atomic mass is 19.4. The van der Waals surface area contributed by atoms with Crippen molar-refractivity contribution in [2.24, 2.45) is 0 Å². The molecule has 13 heteroatoms. The molecule has 0 aliphatic carbocycles. The number of alkyl halides is 3. The van der Waals surface area contributed by atoms with E-state index in [1.54, 1.807) is 24.3 Å². The highest BCUT2D eigenvalue weighted by Gasteiger charge is 2.40. The number of carbonyl (C=O) groups excluding carboxylic acids is 1. The van der Waals surface area contributed by atoms with Crippen LogP contribution >= 0.6 is 0 Å². The molecule has 3 aromatic rings. The first-order valence-electron chi connectivity index (χ1n) is 10.9. The smallest absolute Gasteiger partial charge is 0.333 e. The molecule has 1 aliphatic heterocycles. The summed E-state index contributed by atoms with van der Waals surface area (Å²) in [4.78, 5) is 19.7. The average molecular weight is 513 g/mol. The van der Waals surface area contributed by atoms with Gasteiger partial charge in [-0.2, -0.15) is 18.7 Å². The highest BCUT2D eigenvalue weighted by Crippen LogP contribution is 2.29. The van der Waals surface area contributed by atoms with E-state index in [1.165, 1.54) is 4.90 Å². The molecule has 1 N–H and O–H groups in total. The molecular weight excluding hydrogens is 492 g/mol. The van der Waals surface area contributed by atoms with Gasteiger partial charge in [0.05, 0.1) is 13.2 Å². The van der Waals surface area contributed by atoms with Crippen molar-refractivity contribution in [1.29, 1.82) is 0 Å². The molecule has 1 aliphatic rings. The van der Waals surface area contributed by atoms with Crippen LogP contribution in [0.25, 0.3) is 0 Å². The third-order valence-electron chi connectivity index (χ3n) is 5.67. The van der Waals surface area contributed by atoms with Gasteiger partial charge in [0.1, 0.15) is 5.82 Å². The molecule has 1 atom stereocenters. The number of hydrogen-bond donors (Lipinski definition) is 1. The molecule has 1 amide bonds. The van der Waals surface area contributed by atoms with Crippen LogP contribution < -0.4 is 5.48 Å². The Balaban J connectivity index is 1.45. The van der Waals surface area contributed by atoms with Crippen LogP contribution in [-0.4, -0.2) is 38.2 Å². The van der Waals surface area contributed by atoms with Crippen LogP contribution in [0.15, 0.2) is 42.5 Å². The topological polar surface area (TPSA) is 72.3 Å². The number of hydrogen-bond acceptors (Lipinski definition) is 5. The number of benzene rings is 2. The third-order valence-corrected chi connectivity index (χ3v) is 5.67. The van der Waals surface area contributed by atoms with Crippen molar-refractivity contribution in [1.82, 2.24) is 25.1 Å². The zero-order chi connectivity index (χ0) is 25.9. The van der Waals surface area contributed by atoms with Gasteiger partial charge >= 0.3 is 6.18 Å². The van der Waals surface area contributed by atoms with Crippen molar-refractivity contribution >= 4 is 5.91 Å². The lowest BCUT2D eigenvalue weighted by Gasteiger charge is -2.29. The van der Waals surface area contributed by atoms with Crippen LogP contribution in [0.1, 0.15) is 29.2 Å². The molecule has 0 saturated carbocycles. The van der Waals surface area contributed by atoms with Crippen molar-refractivity contribution in [3.05, 3.63) is 82.7 Å². The minimum absolute atomic E-state index is 0.0154. The maximum absolute atomic E-state index is 14.3. The largest absolute Gasteiger partial charge is 0.451 e. The Morgan fingerprint density at radius 1 is 1.03 bits per heavy atom. The Morgan fingerprint density at radius 2 is 1.75 bits per heavy atom. The SMILES string of the molecule is O=C(CC(Cc1cc(F)c(F)cc1F)NOCc1ccccc1)N1CCn2c(nnc2C(F)(F)F)C1. The van der Waals surface area contributed by atoms with Gasteiger partial charge in [-0.05, 0) is 23.6 Å². The first kappa shape index (κ1) is 25.6. The van der Waals surface area contributed by atoms with Gasteiger partial charge in [-0.1, -0.05) is 30.3 Å². The number of halogens is 6. The first-order chi connectivity index (χ1) is 17.1. The number of rotatable bonds is 8. The third kappa shape index (κ3) is 6.02. The molecule has 0 radical (unpaired) electrons. The van der Waals surface area contributed by atoms with Gasteiger partial charge in [0, 0.05) is 31.6 Å². The maximum Gasteiger partial charge on any atom is 0.451 e. The Bertz CT molecular complexity index is 1220. The number of amides is 1. The molecule has 0 fully saturated rings. The van der Waals surface area contributed by atoms with E-state index in [4.69, 9.17) is 4.84 Å². The van der Waals surface area contributed by atoms with Crippen LogP contribution in [0.2, 0.25) is 0 Å². The fraction of sp³-hybridized carbons (Fsp3) is 0.348. The standard InChI is InChI=1S/C23H21F6N5O2/c24-17-11-19(26)18(25)9-15(17)8-16(32-36-13-14-4-2-1-3-5-14)10-21(35)33-6-7-34-20(12-33)30-31-22(34)23(27,28)29/h1-5,9,11,16,32H,6-8,10,12-13H2. The molecule has 7 nitrogen and oxygen atoms in total. The van der Waals surface area contributed by atoms with E-state index in [0.717, 1.165) is 10.1 Å². The van der Waals surface area contributed by atoms with Crippen molar-refractivity contribution in [2.45, 2.75) is 44.8 Å². The van der Waals surface area contributed by atoms with Crippen molar-refractivity contribution in [2.75, 3.05) is 6.54 Å². The van der Waals surface area contributed by atoms with E-state index in [1.807, 2.05) is 6.07 Å². The van der Waals surface area contributed by atoms with Crippen LogP contribution in [0, 0.1) is 17.5 Å². The number of fused-ring (bicyclic) bond motifs is 1. The summed E-state index contributed by atoms with van der Waals surface area (Å²) < 4.78 is 81.4. The number of aromatic nitrogens is 3. The molecule has 2 heterocycles. The van der Waals surface area contributed by atoms with Crippen molar-refractivity contribution < 1.29 is 36.0 Å². The number of nitrogens with zero attached hydrogens (tertiary/aromatic N) is 4. The summed E-state index contributed by atoms with van der Waals surface area (Å²) in [7, 11) is 0. The molecular formula is C23H21F6N5O2. The van der Waals surface area contributed by atoms with Crippen molar-refractivity contribution in [3.8, 4) is 0 Å². The Labute approximate surface area is 201 Å². The second-order valence-corrected chi connectivity index (χ2v) is 8.26. The lowest BCUT2D eigenvalue weighted by molar-refractivity contribution is -0.148. The lowest BCUT2D eigenvalue weighted by atomic mass is 10.0. The zero-order valence-corrected chi connectivity index (χ0v) is 18.7. The second kappa shape index (κ2) is 10.7. The molecule has 2 aromatic carbocycles. The quantitative estimate of drug-likeness (QED) is 0.282. The molecule has 0 bridgehead atoms. The number of hydroxylamine groups is 1. The van der Waals surface area contributed by atoms with E-state index in [0.29, 0.717) is 12.1 Å². The van der Waals surface area contributed by atoms with Crippen LogP contribution in [0.3, 0.4) is 0 Å². The second-order valence-electron chi connectivity index (χ2n) is 8.26. The van der Waals surface area contributed by atoms with Gasteiger partial charge in [0.25, 0.3) is 0 Å². The summed E-state index contributed by atoms with van der Waals surface area (Å²) in [6.45, 7) is -0.259. The molecule has 1 aromatic heterocycles. The first-order valence-corrected chi connectivity index (χ1v) is 10.9. The molecule has 192 valence electrons. The predicted molar refractivity (Wildman–Crippen MR) is 113 cm³/mol. The van der Waals surface area contributed by atoms with E-state index < -0.39 is 41.4 Å². The van der Waals surface area contributed by atoms with E-state index in [2.05, 4.69) is 15.7 Å². The van der Waals surface area contributed by atoms with E-state index in [-0.39, 0.29) is 50.5 Å². The molecule has 36 heavy (non-hydrogen) atoms. The van der Waals surface area contributed by atoms with Crippen LogP contribution in [-0.2, 0) is 41.9 Å². The average Bonchev–Trinajstić information content (AvgIpc) is 3.27. The molecule has 1 unspecified atom stereocenters. The minimum atomic E-state index is -4.67. The van der Waals surface area contributed by atoms with Gasteiger partial charge in [0.15, 0.2) is 17.5 Å². The summed E-state index contributed by atoms with van der Waals surface area (Å²) >= 11 is 0. The fourth-order valence-corrected chi connectivity index (χ4v) is 3.88. The minimum Gasteiger partial charge on any atom is -0.333 e. The van der Waals surface area contributed by atoms with E-state index >= 15 is 0 Å². The molecule has 4 rings (SSSR count). The Kier molecular flexibility index (Phi) is 7.59. The molecule has 0 spiro atoms. The highest BCUT2D eigenvalue weighted by molar-refractivity contribution is 5.77. The van der Waals surface area contributed by atoms with Gasteiger partial charge < -0.3 is 9.47 Å². The summed E-state index contributed by atoms with van der Waals surface area (Å²) in [5, 5.41) is 6.73. The number of carbonyl (C=O) groups is 1. The maximum atomic E-state index is 14.3. The molecule has 0 saturated heterocycles. The summed E-state index contributed by atoms with van der Waals surface area (Å²) in [6.07, 6.45) is -5.14. The normalized spacial score (nSPS) is 14.6. The monoisotopic (exact) mass is 513 g/mol. The predicted octanol–water partition coefficient (Wildman–Crippen LogP) is 3.78. The van der Waals surface area contributed by atoms with Crippen LogP contribution in [0.4, 0.5) is 26.3 Å². The van der Waals surface area contributed by atoms with Gasteiger partial charge in [-0.15, -0.1) is 10.2 Å². The van der Waals surface area contributed by atoms with Gasteiger partial charge in [-0.25, -0.2) is 13.2 Å². The van der Waals surface area contributed by atoms with E-state index in [9.17, 15) is 31.1 Å². The Hall–Kier alpha value is -3.45. The number of nitrogens with one attached hydrogen (secondary N) is 1. The zero-order valence-electron chi connectivity index (χ0n) is 18.7. The Morgan fingerprint density at radius 3 is 2.47 bits per heavy atom. The lowest BCUT2D eigenvalue weighted by Crippen LogP contribution is -2.43. The van der Waals surface area contributed by atoms with Gasteiger partial charge in [0.2, 0.25) is 11.7 Å². The summed E-state index contributed by atoms with van der Waals surface area (Å²) in [6, 6.07) is 9.30. The van der Waals surface area contributed by atoms with Crippen molar-refractivity contribution in [3.63, 3.8) is 0 Å². The summed E-state index contributed by atoms with van der Waals surface area (Å²) in [5.41, 5.74) is 3.32.